The molecule has 9 heteroatoms. The summed E-state index contributed by atoms with van der Waals surface area (Å²) in [6.45, 7) is 4.06. The average Bonchev–Trinajstić information content (AvgIpc) is 3.51. The van der Waals surface area contributed by atoms with E-state index in [1.165, 1.54) is 4.88 Å². The molecule has 0 aliphatic carbocycles. The first-order valence-electron chi connectivity index (χ1n) is 12.3. The van der Waals surface area contributed by atoms with E-state index in [2.05, 4.69) is 49.8 Å². The monoisotopic (exact) mass is 494 g/mol. The van der Waals surface area contributed by atoms with Crippen LogP contribution in [0.2, 0.25) is 0 Å². The molecule has 0 spiro atoms. The molecule has 1 N–H and O–H groups in total. The van der Waals surface area contributed by atoms with Gasteiger partial charge in [0.05, 0.1) is 29.1 Å². The van der Waals surface area contributed by atoms with Gasteiger partial charge in [-0.15, -0.1) is 11.3 Å². The molecule has 2 fully saturated rings. The maximum absolute atomic E-state index is 15.1. The number of halogens is 1. The minimum atomic E-state index is -0.320. The van der Waals surface area contributed by atoms with Gasteiger partial charge in [0.1, 0.15) is 12.1 Å². The zero-order valence-electron chi connectivity index (χ0n) is 20.2. The molecule has 2 unspecified atom stereocenters. The van der Waals surface area contributed by atoms with Crippen molar-refractivity contribution in [2.45, 2.75) is 31.2 Å². The van der Waals surface area contributed by atoms with Crippen LogP contribution in [0.3, 0.4) is 0 Å². The third kappa shape index (κ3) is 4.36. The van der Waals surface area contributed by atoms with Crippen LogP contribution >= 0.6 is 11.3 Å². The topological polar surface area (TPSA) is 60.5 Å². The number of piperidine rings is 1. The second kappa shape index (κ2) is 9.55. The number of hydrogen-bond donors (Lipinski definition) is 1. The quantitative estimate of drug-likeness (QED) is 0.444. The fourth-order valence-electron chi connectivity index (χ4n) is 5.69. The van der Waals surface area contributed by atoms with E-state index < -0.39 is 0 Å². The number of thiophene rings is 1. The Balaban J connectivity index is 1.34. The number of morpholine rings is 1. The number of fused-ring (bicyclic) bond motifs is 2. The maximum Gasteiger partial charge on any atom is 0.129 e. The molecule has 0 bridgehead atoms. The Hall–Kier alpha value is -2.43. The molecule has 4 aromatic rings. The highest BCUT2D eigenvalue weighted by molar-refractivity contribution is 7.19. The minimum Gasteiger partial charge on any atom is -0.371 e. The van der Waals surface area contributed by atoms with Crippen LogP contribution in [0, 0.1) is 5.82 Å². The number of ether oxygens (including phenoxy) is 1. The lowest BCUT2D eigenvalue weighted by Crippen LogP contribution is -2.51. The molecule has 2 aliphatic heterocycles. The van der Waals surface area contributed by atoms with Crippen LogP contribution in [0.25, 0.3) is 21.1 Å². The number of aromatic nitrogens is 3. The second-order valence-corrected chi connectivity index (χ2v) is 10.9. The third-order valence-corrected chi connectivity index (χ3v) is 8.63. The van der Waals surface area contributed by atoms with Crippen molar-refractivity contribution in [2.75, 3.05) is 46.9 Å². The van der Waals surface area contributed by atoms with E-state index in [4.69, 9.17) is 4.74 Å². The fraction of sp³-hybridized carbons (Fsp3) is 0.462. The summed E-state index contributed by atoms with van der Waals surface area (Å²) in [5.74, 6) is -0.204. The molecular formula is C26H31FN6OS. The van der Waals surface area contributed by atoms with E-state index in [1.807, 2.05) is 18.5 Å². The van der Waals surface area contributed by atoms with Gasteiger partial charge in [-0.05, 0) is 51.2 Å². The maximum atomic E-state index is 15.1. The van der Waals surface area contributed by atoms with Crippen LogP contribution in [0.15, 0.2) is 43.0 Å². The Morgan fingerprint density at radius 2 is 2.03 bits per heavy atom. The number of nitrogens with one attached hydrogen (secondary N) is 1. The molecule has 3 aromatic heterocycles. The van der Waals surface area contributed by atoms with Gasteiger partial charge in [0.25, 0.3) is 0 Å². The molecule has 0 saturated carbocycles. The molecule has 5 heterocycles. The van der Waals surface area contributed by atoms with Crippen LogP contribution in [0.5, 0.6) is 0 Å². The molecule has 7 nitrogen and oxygen atoms in total. The number of likely N-dealkylation sites (tertiary alicyclic amines) is 1. The molecule has 35 heavy (non-hydrogen) atoms. The van der Waals surface area contributed by atoms with Crippen molar-refractivity contribution in [1.82, 2.24) is 29.7 Å². The SMILES string of the molecule is CN(C)C1CCN(C(c2cc3ncncc3s2)N2CCOC(c3c(F)ccc4[nH]ccc34)C2)CC1. The summed E-state index contributed by atoms with van der Waals surface area (Å²) in [7, 11) is 4.34. The first-order valence-corrected chi connectivity index (χ1v) is 13.1. The second-order valence-electron chi connectivity index (χ2n) is 9.78. The summed E-state index contributed by atoms with van der Waals surface area (Å²) in [6, 6.07) is 8.11. The lowest BCUT2D eigenvalue weighted by atomic mass is 10.0. The van der Waals surface area contributed by atoms with Crippen LogP contribution < -0.4 is 0 Å². The van der Waals surface area contributed by atoms with Crippen molar-refractivity contribution in [3.63, 3.8) is 0 Å². The van der Waals surface area contributed by atoms with Crippen molar-refractivity contribution >= 4 is 32.5 Å². The molecule has 184 valence electrons. The van der Waals surface area contributed by atoms with Gasteiger partial charge in [0.15, 0.2) is 0 Å². The highest BCUT2D eigenvalue weighted by atomic mass is 32.1. The summed E-state index contributed by atoms with van der Waals surface area (Å²) >= 11 is 1.77. The smallest absolute Gasteiger partial charge is 0.129 e. The summed E-state index contributed by atoms with van der Waals surface area (Å²) in [5, 5.41) is 0.900. The summed E-state index contributed by atoms with van der Waals surface area (Å²) in [6.07, 6.45) is 7.44. The van der Waals surface area contributed by atoms with E-state index in [0.717, 1.165) is 53.6 Å². The van der Waals surface area contributed by atoms with Gasteiger partial charge in [-0.25, -0.2) is 14.4 Å². The normalized spacial score (nSPS) is 21.9. The van der Waals surface area contributed by atoms with Crippen molar-refractivity contribution in [2.24, 2.45) is 0 Å². The molecule has 1 aromatic carbocycles. The van der Waals surface area contributed by atoms with Gasteiger partial charge < -0.3 is 14.6 Å². The lowest BCUT2D eigenvalue weighted by molar-refractivity contribution is -0.0833. The van der Waals surface area contributed by atoms with Gasteiger partial charge in [0, 0.05) is 66.0 Å². The van der Waals surface area contributed by atoms with E-state index in [0.29, 0.717) is 24.8 Å². The number of aromatic amines is 1. The Kier molecular flexibility index (Phi) is 6.28. The predicted molar refractivity (Wildman–Crippen MR) is 137 cm³/mol. The molecule has 2 saturated heterocycles. The van der Waals surface area contributed by atoms with Crippen molar-refractivity contribution in [3.8, 4) is 0 Å². The zero-order valence-corrected chi connectivity index (χ0v) is 21.0. The first-order chi connectivity index (χ1) is 17.1. The average molecular weight is 495 g/mol. The van der Waals surface area contributed by atoms with Crippen LogP contribution in [0.1, 0.15) is 35.6 Å². The molecule has 6 rings (SSSR count). The fourth-order valence-corrected chi connectivity index (χ4v) is 6.85. The molecule has 0 amide bonds. The van der Waals surface area contributed by atoms with Gasteiger partial charge in [0.2, 0.25) is 0 Å². The van der Waals surface area contributed by atoms with Gasteiger partial charge in [-0.1, -0.05) is 0 Å². The Morgan fingerprint density at radius 1 is 1.17 bits per heavy atom. The Labute approximate surface area is 208 Å². The Bertz CT molecular complexity index is 1280. The van der Waals surface area contributed by atoms with Crippen molar-refractivity contribution < 1.29 is 9.13 Å². The molecule has 2 aliphatic rings. The summed E-state index contributed by atoms with van der Waals surface area (Å²) in [5.41, 5.74) is 2.58. The number of H-pyrrole nitrogens is 1. The van der Waals surface area contributed by atoms with Crippen LogP contribution in [-0.2, 0) is 4.74 Å². The minimum absolute atomic E-state index is 0.109. The number of rotatable bonds is 5. The third-order valence-electron chi connectivity index (χ3n) is 7.53. The van der Waals surface area contributed by atoms with Gasteiger partial charge in [-0.2, -0.15) is 0 Å². The summed E-state index contributed by atoms with van der Waals surface area (Å²) < 4.78 is 22.4. The highest BCUT2D eigenvalue weighted by Crippen LogP contribution is 2.39. The highest BCUT2D eigenvalue weighted by Gasteiger charge is 2.36. The Morgan fingerprint density at radius 3 is 2.83 bits per heavy atom. The number of nitrogens with zero attached hydrogens (tertiary/aromatic N) is 5. The zero-order chi connectivity index (χ0) is 23.9. The molecular weight excluding hydrogens is 463 g/mol. The first kappa shape index (κ1) is 23.0. The number of hydrogen-bond acceptors (Lipinski definition) is 7. The van der Waals surface area contributed by atoms with E-state index >= 15 is 4.39 Å². The van der Waals surface area contributed by atoms with E-state index in [-0.39, 0.29) is 18.1 Å². The van der Waals surface area contributed by atoms with Crippen molar-refractivity contribution in [1.29, 1.82) is 0 Å². The predicted octanol–water partition coefficient (Wildman–Crippen LogP) is 4.41. The molecule has 2 atom stereocenters. The number of benzene rings is 1. The van der Waals surface area contributed by atoms with Gasteiger partial charge in [-0.3, -0.25) is 9.80 Å². The van der Waals surface area contributed by atoms with Crippen molar-refractivity contribution in [3.05, 3.63) is 59.2 Å². The standard InChI is InChI=1S/C26H31FN6OS/c1-31(2)17-6-9-32(10-7-17)26(23-13-21-24(35-23)14-28-16-30-21)33-11-12-34-22(15-33)25-18-5-8-29-20(18)4-3-19(25)27/h3-5,8,13-14,16-17,22,26,29H,6-7,9-12,15H2,1-2H3. The largest absolute Gasteiger partial charge is 0.371 e. The van der Waals surface area contributed by atoms with Crippen LogP contribution in [-0.4, -0.2) is 82.6 Å². The van der Waals surface area contributed by atoms with E-state index in [9.17, 15) is 0 Å². The van der Waals surface area contributed by atoms with Crippen LogP contribution in [0.4, 0.5) is 4.39 Å². The van der Waals surface area contributed by atoms with E-state index in [1.54, 1.807) is 29.8 Å². The van der Waals surface area contributed by atoms with Gasteiger partial charge >= 0.3 is 0 Å². The summed E-state index contributed by atoms with van der Waals surface area (Å²) in [4.78, 5) is 20.6. The lowest BCUT2D eigenvalue weighted by Gasteiger charge is -2.46. The molecule has 0 radical (unpaired) electrons.